The topological polar surface area (TPSA) is 172 Å². The summed E-state index contributed by atoms with van der Waals surface area (Å²) >= 11 is 0. The molecule has 11 nitrogen and oxygen atoms in total. The van der Waals surface area contributed by atoms with Gasteiger partial charge in [0.05, 0.1) is 44.3 Å². The Morgan fingerprint density at radius 2 is 1.05 bits per heavy atom. The van der Waals surface area contributed by atoms with Crippen molar-refractivity contribution < 1.29 is 44.5 Å². The molecule has 215 valence electrons. The molecule has 0 bridgehead atoms. The molecule has 5 aromatic carbocycles. The van der Waals surface area contributed by atoms with E-state index in [2.05, 4.69) is 0 Å². The van der Waals surface area contributed by atoms with E-state index in [1.165, 1.54) is 26.4 Å². The lowest BCUT2D eigenvalue weighted by molar-refractivity contribution is 0.125. The summed E-state index contributed by atoms with van der Waals surface area (Å²) in [5.74, 6) is -0.420. The summed E-state index contributed by atoms with van der Waals surface area (Å²) in [7, 11) is 3.40. The average molecular weight is 566 g/mol. The van der Waals surface area contributed by atoms with Crippen LogP contribution < -0.4 is 29.8 Å². The fourth-order valence-corrected chi connectivity index (χ4v) is 6.12. The Bertz CT molecular complexity index is 1790. The Kier molecular flexibility index (Phi) is 7.06. The Labute approximate surface area is 233 Å². The number of hydrogen-bond acceptors (Lipinski definition) is 10. The number of methoxy groups -OCH3 is 2. The van der Waals surface area contributed by atoms with Gasteiger partial charge in [0.15, 0.2) is 11.5 Å². The van der Waals surface area contributed by atoms with Crippen LogP contribution in [0.15, 0.2) is 21.7 Å². The van der Waals surface area contributed by atoms with Gasteiger partial charge in [-0.15, -0.1) is 0 Å². The van der Waals surface area contributed by atoms with Gasteiger partial charge in [-0.1, -0.05) is 0 Å². The van der Waals surface area contributed by atoms with Crippen LogP contribution in [0.25, 0.3) is 43.1 Å². The first-order valence-corrected chi connectivity index (χ1v) is 12.8. The summed E-state index contributed by atoms with van der Waals surface area (Å²) < 4.78 is 22.8. The highest BCUT2D eigenvalue weighted by Gasteiger charge is 2.33. The van der Waals surface area contributed by atoms with E-state index in [1.54, 1.807) is 13.8 Å². The number of rotatable bonds is 6. The van der Waals surface area contributed by atoms with Crippen LogP contribution in [0.5, 0.6) is 34.5 Å². The number of aliphatic hydroxyl groups is 2. The molecule has 0 fully saturated rings. The molecule has 0 saturated heterocycles. The van der Waals surface area contributed by atoms with Crippen LogP contribution in [0.2, 0.25) is 0 Å². The Balaban J connectivity index is 0.00000165. The average Bonchev–Trinajstić information content (AvgIpc) is 3.09. The van der Waals surface area contributed by atoms with Gasteiger partial charge in [-0.2, -0.15) is 0 Å². The van der Waals surface area contributed by atoms with Crippen molar-refractivity contribution in [3.8, 4) is 34.5 Å². The van der Waals surface area contributed by atoms with E-state index in [9.17, 15) is 30.0 Å². The van der Waals surface area contributed by atoms with Crippen molar-refractivity contribution in [2.24, 2.45) is 0 Å². The van der Waals surface area contributed by atoms with Gasteiger partial charge < -0.3 is 39.4 Å². The molecule has 0 unspecified atom stereocenters. The summed E-state index contributed by atoms with van der Waals surface area (Å²) in [6, 6.07) is 2.63. The molecular formula is C30H29O11. The van der Waals surface area contributed by atoms with E-state index >= 15 is 0 Å². The summed E-state index contributed by atoms with van der Waals surface area (Å²) in [6.45, 7) is 2.87. The molecule has 0 saturated carbocycles. The first kappa shape index (κ1) is 28.2. The molecule has 0 spiro atoms. The van der Waals surface area contributed by atoms with Crippen molar-refractivity contribution in [1.82, 2.24) is 0 Å². The van der Waals surface area contributed by atoms with Crippen LogP contribution >= 0.6 is 0 Å². The molecule has 0 amide bonds. The first-order chi connectivity index (χ1) is 19.6. The molecule has 1 heterocycles. The quantitative estimate of drug-likeness (QED) is 0.177. The first-order valence-electron chi connectivity index (χ1n) is 12.8. The second kappa shape index (κ2) is 10.3. The maximum absolute atomic E-state index is 13.8. The largest absolute Gasteiger partial charge is 0.507 e. The number of fused-ring (bicyclic) bond motifs is 1. The van der Waals surface area contributed by atoms with Gasteiger partial charge in [0, 0.05) is 57.6 Å². The van der Waals surface area contributed by atoms with E-state index < -0.39 is 23.1 Å². The Morgan fingerprint density at radius 1 is 0.683 bits per heavy atom. The van der Waals surface area contributed by atoms with Crippen LogP contribution in [0.4, 0.5) is 0 Å². The van der Waals surface area contributed by atoms with Crippen molar-refractivity contribution in [3.63, 3.8) is 0 Å². The minimum Gasteiger partial charge on any atom is -0.507 e. The Morgan fingerprint density at radius 3 is 1.37 bits per heavy atom. The molecule has 0 aliphatic carbocycles. The van der Waals surface area contributed by atoms with Crippen LogP contribution in [0.1, 0.15) is 25.0 Å². The monoisotopic (exact) mass is 565 g/mol. The maximum Gasteiger partial charge on any atom is 0.232 e. The molecule has 1 aliphatic rings. The zero-order valence-corrected chi connectivity index (χ0v) is 23.1. The van der Waals surface area contributed by atoms with Gasteiger partial charge in [-0.3, -0.25) is 9.59 Å². The van der Waals surface area contributed by atoms with Crippen LogP contribution in [-0.4, -0.2) is 60.8 Å². The predicted molar refractivity (Wildman–Crippen MR) is 151 cm³/mol. The van der Waals surface area contributed by atoms with Gasteiger partial charge in [0.1, 0.15) is 23.0 Å². The number of hydrogen-bond donors (Lipinski definition) is 4. The van der Waals surface area contributed by atoms with Gasteiger partial charge in [0.25, 0.3) is 0 Å². The number of aromatic hydroxyl groups is 2. The molecule has 1 aliphatic heterocycles. The van der Waals surface area contributed by atoms with Gasteiger partial charge in [0.2, 0.25) is 17.7 Å². The van der Waals surface area contributed by atoms with Crippen molar-refractivity contribution in [3.05, 3.63) is 43.7 Å². The maximum atomic E-state index is 13.8. The number of phenolic OH excluding ortho intramolecular Hbond substituents is 2. The second-order valence-corrected chi connectivity index (χ2v) is 9.98. The van der Waals surface area contributed by atoms with Crippen molar-refractivity contribution in [2.75, 3.05) is 28.1 Å². The highest BCUT2D eigenvalue weighted by atomic mass is 16.7. The molecule has 11 heteroatoms. The number of ether oxygens (including phenoxy) is 4. The SMILES string of the molecule is COc1c(C[C@H](C)O)c2c3c(C[C@H](C)O)c(OC)c(=O)c4c(O)cc5c(c6c(cc(O)c(c1=O)c62)OCO5)c43.C[O]. The zero-order chi connectivity index (χ0) is 29.9. The highest BCUT2D eigenvalue weighted by Crippen LogP contribution is 2.54. The van der Waals surface area contributed by atoms with Gasteiger partial charge in [-0.25, -0.2) is 5.11 Å². The lowest BCUT2D eigenvalue weighted by Crippen LogP contribution is -2.17. The highest BCUT2D eigenvalue weighted by molar-refractivity contribution is 6.38. The van der Waals surface area contributed by atoms with E-state index in [0.29, 0.717) is 43.4 Å². The normalized spacial score (nSPS) is 14.0. The summed E-state index contributed by atoms with van der Waals surface area (Å²) in [5.41, 5.74) is -0.483. The van der Waals surface area contributed by atoms with E-state index in [1.807, 2.05) is 0 Å². The van der Waals surface area contributed by atoms with E-state index in [0.717, 1.165) is 7.11 Å². The minimum atomic E-state index is -0.903. The lowest BCUT2D eigenvalue weighted by Gasteiger charge is -2.24. The molecule has 41 heavy (non-hydrogen) atoms. The van der Waals surface area contributed by atoms with Crippen molar-refractivity contribution in [2.45, 2.75) is 38.9 Å². The smallest absolute Gasteiger partial charge is 0.232 e. The number of phenols is 2. The molecule has 5 aromatic rings. The van der Waals surface area contributed by atoms with Crippen molar-refractivity contribution in [1.29, 1.82) is 0 Å². The van der Waals surface area contributed by atoms with Crippen LogP contribution in [0, 0.1) is 0 Å². The van der Waals surface area contributed by atoms with Crippen molar-refractivity contribution >= 4 is 43.1 Å². The summed E-state index contributed by atoms with van der Waals surface area (Å²) in [4.78, 5) is 27.6. The molecule has 0 aromatic heterocycles. The van der Waals surface area contributed by atoms with Gasteiger partial charge in [-0.05, 0) is 24.6 Å². The number of benzene rings is 5. The third kappa shape index (κ3) is 3.91. The molecule has 1 radical (unpaired) electrons. The van der Waals surface area contributed by atoms with Gasteiger partial charge >= 0.3 is 0 Å². The zero-order valence-electron chi connectivity index (χ0n) is 23.1. The van der Waals surface area contributed by atoms with E-state index in [-0.39, 0.29) is 64.9 Å². The molecule has 2 atom stereocenters. The Hall–Kier alpha value is -4.32. The molecular weight excluding hydrogens is 536 g/mol. The fourth-order valence-electron chi connectivity index (χ4n) is 6.12. The number of aliphatic hydroxyl groups excluding tert-OH is 2. The molecule has 4 N–H and O–H groups in total. The second-order valence-electron chi connectivity index (χ2n) is 9.98. The third-order valence-electron chi connectivity index (χ3n) is 7.40. The molecule has 6 rings (SSSR count). The van der Waals surface area contributed by atoms with E-state index in [4.69, 9.17) is 24.1 Å². The lowest BCUT2D eigenvalue weighted by atomic mass is 9.82. The van der Waals surface area contributed by atoms with Crippen LogP contribution in [0.3, 0.4) is 0 Å². The summed E-state index contributed by atoms with van der Waals surface area (Å²) in [5, 5.41) is 53.6. The van der Waals surface area contributed by atoms with Crippen LogP contribution in [-0.2, 0) is 17.9 Å². The minimum absolute atomic E-state index is 0.0104. The summed E-state index contributed by atoms with van der Waals surface area (Å²) in [6.07, 6.45) is -1.83. The fraction of sp³-hybridized carbons (Fsp3) is 0.333. The third-order valence-corrected chi connectivity index (χ3v) is 7.40. The standard InChI is InChI=1S/C29H26O10.CH3O/c1-10(30)5-12-18-19-13(6-11(2)31)29(37-4)27(35)21-15(33)8-17-23(25(19)21)22-16(38-9-39-17)7-14(32)20(24(18)22)26(34)28(12)36-3;1-2/h7-8,10-11,30-33H,5-6,9H2,1-4H3;1H3/t10-,11-;/m0./s1. The predicted octanol–water partition coefficient (Wildman–Crippen LogP) is 2.95.